The SMILES string of the molecule is COCC(C)NC(=O)c1ccc(OC)cc1O. The van der Waals surface area contributed by atoms with Crippen LogP contribution < -0.4 is 10.1 Å². The van der Waals surface area contributed by atoms with Gasteiger partial charge in [-0.15, -0.1) is 0 Å². The number of aromatic hydroxyl groups is 1. The van der Waals surface area contributed by atoms with E-state index in [-0.39, 0.29) is 23.3 Å². The Morgan fingerprint density at radius 3 is 2.71 bits per heavy atom. The fourth-order valence-corrected chi connectivity index (χ4v) is 1.42. The Morgan fingerprint density at radius 1 is 1.47 bits per heavy atom. The van der Waals surface area contributed by atoms with E-state index in [0.29, 0.717) is 12.4 Å². The minimum absolute atomic E-state index is 0.105. The molecule has 1 unspecified atom stereocenters. The smallest absolute Gasteiger partial charge is 0.255 e. The maximum atomic E-state index is 11.8. The van der Waals surface area contributed by atoms with Gasteiger partial charge in [-0.05, 0) is 19.1 Å². The summed E-state index contributed by atoms with van der Waals surface area (Å²) < 4.78 is 9.85. The van der Waals surface area contributed by atoms with Crippen molar-refractivity contribution in [1.29, 1.82) is 0 Å². The van der Waals surface area contributed by atoms with Crippen LogP contribution >= 0.6 is 0 Å². The molecule has 5 nitrogen and oxygen atoms in total. The number of ether oxygens (including phenoxy) is 2. The fourth-order valence-electron chi connectivity index (χ4n) is 1.42. The third-order valence-electron chi connectivity index (χ3n) is 2.24. The largest absolute Gasteiger partial charge is 0.507 e. The van der Waals surface area contributed by atoms with Crippen molar-refractivity contribution >= 4 is 5.91 Å². The Balaban J connectivity index is 2.75. The second kappa shape index (κ2) is 6.10. The van der Waals surface area contributed by atoms with Crippen LogP contribution in [0.3, 0.4) is 0 Å². The summed E-state index contributed by atoms with van der Waals surface area (Å²) >= 11 is 0. The van der Waals surface area contributed by atoms with E-state index in [1.54, 1.807) is 13.2 Å². The highest BCUT2D eigenvalue weighted by molar-refractivity contribution is 5.97. The minimum Gasteiger partial charge on any atom is -0.507 e. The number of methoxy groups -OCH3 is 2. The first-order chi connectivity index (χ1) is 8.08. The van der Waals surface area contributed by atoms with E-state index in [0.717, 1.165) is 0 Å². The molecule has 0 fully saturated rings. The molecular formula is C12H17NO4. The van der Waals surface area contributed by atoms with Gasteiger partial charge in [-0.25, -0.2) is 0 Å². The monoisotopic (exact) mass is 239 g/mol. The van der Waals surface area contributed by atoms with Gasteiger partial charge in [0.15, 0.2) is 0 Å². The summed E-state index contributed by atoms with van der Waals surface area (Å²) in [5, 5.41) is 12.4. The number of benzene rings is 1. The van der Waals surface area contributed by atoms with Gasteiger partial charge in [-0.3, -0.25) is 4.79 Å². The summed E-state index contributed by atoms with van der Waals surface area (Å²) in [6.45, 7) is 2.24. The highest BCUT2D eigenvalue weighted by atomic mass is 16.5. The zero-order valence-corrected chi connectivity index (χ0v) is 10.2. The molecule has 0 spiro atoms. The number of amides is 1. The van der Waals surface area contributed by atoms with E-state index in [4.69, 9.17) is 9.47 Å². The maximum Gasteiger partial charge on any atom is 0.255 e. The molecule has 0 saturated heterocycles. The van der Waals surface area contributed by atoms with Crippen molar-refractivity contribution in [3.05, 3.63) is 23.8 Å². The Hall–Kier alpha value is -1.75. The summed E-state index contributed by atoms with van der Waals surface area (Å²) in [7, 11) is 3.06. The molecule has 0 heterocycles. The van der Waals surface area contributed by atoms with E-state index in [1.807, 2.05) is 6.92 Å². The predicted octanol–water partition coefficient (Wildman–Crippen LogP) is 1.17. The maximum absolute atomic E-state index is 11.8. The molecule has 1 amide bonds. The van der Waals surface area contributed by atoms with Crippen molar-refractivity contribution in [3.63, 3.8) is 0 Å². The Bertz CT molecular complexity index is 392. The van der Waals surface area contributed by atoms with Crippen LogP contribution in [0.5, 0.6) is 11.5 Å². The number of phenolic OH excluding ortho intramolecular Hbond substituents is 1. The van der Waals surface area contributed by atoms with Crippen LogP contribution in [-0.4, -0.2) is 37.9 Å². The number of carbonyl (C=O) groups is 1. The van der Waals surface area contributed by atoms with Crippen molar-refractivity contribution < 1.29 is 19.4 Å². The molecule has 0 saturated carbocycles. The summed E-state index contributed by atoms with van der Waals surface area (Å²) in [6.07, 6.45) is 0. The van der Waals surface area contributed by atoms with Gasteiger partial charge in [0, 0.05) is 19.2 Å². The lowest BCUT2D eigenvalue weighted by Crippen LogP contribution is -2.35. The lowest BCUT2D eigenvalue weighted by molar-refractivity contribution is 0.0903. The number of hydrogen-bond donors (Lipinski definition) is 2. The molecule has 2 N–H and O–H groups in total. The van der Waals surface area contributed by atoms with Crippen molar-refractivity contribution in [1.82, 2.24) is 5.32 Å². The molecule has 0 aromatic heterocycles. The minimum atomic E-state index is -0.338. The first kappa shape index (κ1) is 13.3. The number of nitrogens with one attached hydrogen (secondary N) is 1. The first-order valence-electron chi connectivity index (χ1n) is 5.25. The standard InChI is InChI=1S/C12H17NO4/c1-8(7-16-2)13-12(15)10-5-4-9(17-3)6-11(10)14/h4-6,8,14H,7H2,1-3H3,(H,13,15). The Kier molecular flexibility index (Phi) is 4.78. The number of carbonyl (C=O) groups excluding carboxylic acids is 1. The van der Waals surface area contributed by atoms with E-state index in [1.165, 1.54) is 19.2 Å². The van der Waals surface area contributed by atoms with E-state index in [9.17, 15) is 9.90 Å². The third-order valence-corrected chi connectivity index (χ3v) is 2.24. The van der Waals surface area contributed by atoms with Gasteiger partial charge >= 0.3 is 0 Å². The quantitative estimate of drug-likeness (QED) is 0.809. The molecule has 94 valence electrons. The number of phenols is 1. The number of rotatable bonds is 5. The van der Waals surface area contributed by atoms with Gasteiger partial charge in [-0.2, -0.15) is 0 Å². The summed E-state index contributed by atoms with van der Waals surface area (Å²) in [6, 6.07) is 4.42. The summed E-state index contributed by atoms with van der Waals surface area (Å²) in [5.74, 6) is 0.0603. The van der Waals surface area contributed by atoms with Crippen LogP contribution in [0, 0.1) is 0 Å². The van der Waals surface area contributed by atoms with Crippen molar-refractivity contribution in [2.45, 2.75) is 13.0 Å². The zero-order valence-electron chi connectivity index (χ0n) is 10.2. The lowest BCUT2D eigenvalue weighted by atomic mass is 10.1. The predicted molar refractivity (Wildman–Crippen MR) is 63.5 cm³/mol. The molecule has 5 heteroatoms. The molecule has 0 aliphatic heterocycles. The van der Waals surface area contributed by atoms with Gasteiger partial charge in [-0.1, -0.05) is 0 Å². The van der Waals surface area contributed by atoms with Crippen molar-refractivity contribution in [2.75, 3.05) is 20.8 Å². The van der Waals surface area contributed by atoms with Crippen LogP contribution in [0.15, 0.2) is 18.2 Å². The topological polar surface area (TPSA) is 67.8 Å². The molecule has 1 atom stereocenters. The Labute approximate surface area is 100 Å². The Morgan fingerprint density at radius 2 is 2.18 bits per heavy atom. The highest BCUT2D eigenvalue weighted by Gasteiger charge is 2.14. The molecule has 0 aliphatic rings. The molecule has 17 heavy (non-hydrogen) atoms. The van der Waals surface area contributed by atoms with Crippen molar-refractivity contribution in [3.8, 4) is 11.5 Å². The van der Waals surface area contributed by atoms with E-state index in [2.05, 4.69) is 5.32 Å². The van der Waals surface area contributed by atoms with Crippen molar-refractivity contribution in [2.24, 2.45) is 0 Å². The van der Waals surface area contributed by atoms with E-state index < -0.39 is 0 Å². The summed E-state index contributed by atoms with van der Waals surface area (Å²) in [4.78, 5) is 11.8. The second-order valence-electron chi connectivity index (χ2n) is 3.71. The van der Waals surface area contributed by atoms with Gasteiger partial charge < -0.3 is 19.9 Å². The molecular weight excluding hydrogens is 222 g/mol. The van der Waals surface area contributed by atoms with Crippen LogP contribution in [0.25, 0.3) is 0 Å². The third kappa shape index (κ3) is 3.64. The average molecular weight is 239 g/mol. The molecule has 1 rings (SSSR count). The lowest BCUT2D eigenvalue weighted by Gasteiger charge is -2.13. The van der Waals surface area contributed by atoms with E-state index >= 15 is 0 Å². The molecule has 0 aliphatic carbocycles. The van der Waals surface area contributed by atoms with Gasteiger partial charge in [0.2, 0.25) is 0 Å². The molecule has 1 aromatic rings. The average Bonchev–Trinajstić information content (AvgIpc) is 2.28. The first-order valence-corrected chi connectivity index (χ1v) is 5.25. The van der Waals surface area contributed by atoms with Crippen LogP contribution in [0.4, 0.5) is 0 Å². The van der Waals surface area contributed by atoms with Crippen LogP contribution in [0.1, 0.15) is 17.3 Å². The second-order valence-corrected chi connectivity index (χ2v) is 3.71. The molecule has 0 radical (unpaired) electrons. The summed E-state index contributed by atoms with van der Waals surface area (Å²) in [5.41, 5.74) is 0.216. The van der Waals surface area contributed by atoms with Gasteiger partial charge in [0.1, 0.15) is 11.5 Å². The number of hydrogen-bond acceptors (Lipinski definition) is 4. The van der Waals surface area contributed by atoms with Gasteiger partial charge in [0.25, 0.3) is 5.91 Å². The fraction of sp³-hybridized carbons (Fsp3) is 0.417. The van der Waals surface area contributed by atoms with Crippen LogP contribution in [-0.2, 0) is 4.74 Å². The molecule has 0 bridgehead atoms. The zero-order chi connectivity index (χ0) is 12.8. The highest BCUT2D eigenvalue weighted by Crippen LogP contribution is 2.23. The van der Waals surface area contributed by atoms with Crippen LogP contribution in [0.2, 0.25) is 0 Å². The normalized spacial score (nSPS) is 11.9. The molecule has 1 aromatic carbocycles. The van der Waals surface area contributed by atoms with Gasteiger partial charge in [0.05, 0.1) is 19.3 Å².